The van der Waals surface area contributed by atoms with Gasteiger partial charge in [0.05, 0.1) is 28.5 Å². The van der Waals surface area contributed by atoms with Crippen molar-refractivity contribution in [3.05, 3.63) is 32.8 Å². The fraction of sp³-hybridized carbons (Fsp3) is 0.500. The van der Waals surface area contributed by atoms with Gasteiger partial charge in [-0.25, -0.2) is 0 Å². The topological polar surface area (TPSA) is 76.0 Å². The average molecular weight is 360 g/mol. The van der Waals surface area contributed by atoms with Crippen LogP contribution in [0.5, 0.6) is 0 Å². The number of hydrogen-bond donors (Lipinski definition) is 2. The van der Waals surface area contributed by atoms with Gasteiger partial charge in [0.15, 0.2) is 0 Å². The summed E-state index contributed by atoms with van der Waals surface area (Å²) in [5.41, 5.74) is 3.65. The Morgan fingerprint density at radius 3 is 2.84 bits per heavy atom. The van der Waals surface area contributed by atoms with E-state index in [9.17, 15) is 9.59 Å². The number of anilines is 1. The molecule has 0 spiro atoms. The number of nitrogens with one attached hydrogen (secondary N) is 2. The van der Waals surface area contributed by atoms with Gasteiger partial charge in [0.2, 0.25) is 5.91 Å². The number of rotatable bonds is 4. The Hall–Kier alpha value is -2.15. The van der Waals surface area contributed by atoms with Crippen molar-refractivity contribution in [2.45, 2.75) is 40.0 Å². The Balaban J connectivity index is 1.58. The summed E-state index contributed by atoms with van der Waals surface area (Å²) in [6.07, 6.45) is 3.27. The summed E-state index contributed by atoms with van der Waals surface area (Å²) in [5, 5.41) is 9.81. The average Bonchev–Trinajstić information content (AvgIpc) is 3.08. The van der Waals surface area contributed by atoms with E-state index in [1.54, 1.807) is 16.0 Å². The molecule has 6 nitrogen and oxygen atoms in total. The predicted molar refractivity (Wildman–Crippen MR) is 99.2 cm³/mol. The zero-order valence-corrected chi connectivity index (χ0v) is 15.9. The summed E-state index contributed by atoms with van der Waals surface area (Å²) in [4.78, 5) is 26.5. The van der Waals surface area contributed by atoms with Gasteiger partial charge in [-0.1, -0.05) is 6.92 Å². The zero-order chi connectivity index (χ0) is 18.1. The molecule has 7 heteroatoms. The Morgan fingerprint density at radius 1 is 1.40 bits per heavy atom. The monoisotopic (exact) mass is 360 g/mol. The maximum Gasteiger partial charge on any atom is 0.261 e. The molecule has 1 aliphatic rings. The van der Waals surface area contributed by atoms with Crippen molar-refractivity contribution in [3.63, 3.8) is 0 Å². The highest BCUT2D eigenvalue weighted by molar-refractivity contribution is 7.14. The van der Waals surface area contributed by atoms with Crippen molar-refractivity contribution in [2.75, 3.05) is 11.9 Å². The standard InChI is InChI=1S/C18H24N4O2S/c1-10-5-6-14-13(7-10)8-15(25-14)18(24)19-9-16(23)20-17-11(2)21-22(4)12(17)3/h8,10H,5-7,9H2,1-4H3,(H,19,24)(H,20,23)/t10-/m1/s1. The Morgan fingerprint density at radius 2 is 2.16 bits per heavy atom. The molecule has 0 aliphatic heterocycles. The number of fused-ring (bicyclic) bond motifs is 1. The van der Waals surface area contributed by atoms with Crippen molar-refractivity contribution in [2.24, 2.45) is 13.0 Å². The molecule has 3 rings (SSSR count). The number of amides is 2. The molecular weight excluding hydrogens is 336 g/mol. The first-order valence-electron chi connectivity index (χ1n) is 8.55. The second kappa shape index (κ2) is 7.00. The highest BCUT2D eigenvalue weighted by Gasteiger charge is 2.21. The van der Waals surface area contributed by atoms with Crippen LogP contribution in [0.1, 0.15) is 44.8 Å². The van der Waals surface area contributed by atoms with Gasteiger partial charge in [-0.05, 0) is 50.7 Å². The van der Waals surface area contributed by atoms with Crippen molar-refractivity contribution in [1.82, 2.24) is 15.1 Å². The first-order valence-corrected chi connectivity index (χ1v) is 9.36. The molecule has 2 aromatic heterocycles. The molecule has 2 N–H and O–H groups in total. The van der Waals surface area contributed by atoms with Crippen molar-refractivity contribution in [3.8, 4) is 0 Å². The third-order valence-electron chi connectivity index (χ3n) is 4.74. The van der Waals surface area contributed by atoms with Crippen LogP contribution in [0.3, 0.4) is 0 Å². The number of carbonyl (C=O) groups excluding carboxylic acids is 2. The predicted octanol–water partition coefficient (Wildman–Crippen LogP) is 2.59. The van der Waals surface area contributed by atoms with Gasteiger partial charge < -0.3 is 10.6 Å². The molecule has 0 unspecified atom stereocenters. The van der Waals surface area contributed by atoms with Crippen LogP contribution >= 0.6 is 11.3 Å². The molecule has 1 aliphatic carbocycles. The van der Waals surface area contributed by atoms with Gasteiger partial charge in [-0.15, -0.1) is 11.3 Å². The molecule has 0 saturated carbocycles. The maximum absolute atomic E-state index is 12.3. The van der Waals surface area contributed by atoms with Gasteiger partial charge in [0, 0.05) is 11.9 Å². The van der Waals surface area contributed by atoms with Crippen LogP contribution in [0.15, 0.2) is 6.07 Å². The van der Waals surface area contributed by atoms with E-state index in [-0.39, 0.29) is 18.4 Å². The Labute approximate surface area is 151 Å². The smallest absolute Gasteiger partial charge is 0.261 e. The van der Waals surface area contributed by atoms with Crippen molar-refractivity contribution in [1.29, 1.82) is 0 Å². The fourth-order valence-electron chi connectivity index (χ4n) is 3.20. The summed E-state index contributed by atoms with van der Waals surface area (Å²) >= 11 is 1.55. The van der Waals surface area contributed by atoms with Gasteiger partial charge in [-0.3, -0.25) is 14.3 Å². The first kappa shape index (κ1) is 17.7. The minimum atomic E-state index is -0.248. The minimum absolute atomic E-state index is 0.0500. The van der Waals surface area contributed by atoms with Gasteiger partial charge in [0.25, 0.3) is 5.91 Å². The van der Waals surface area contributed by atoms with Crippen LogP contribution in [0.2, 0.25) is 0 Å². The Bertz CT molecular complexity index is 821. The molecule has 0 aromatic carbocycles. The molecule has 2 aromatic rings. The van der Waals surface area contributed by atoms with Crippen LogP contribution in [0.4, 0.5) is 5.69 Å². The molecular formula is C18H24N4O2S. The SMILES string of the molecule is Cc1nn(C)c(C)c1NC(=O)CNC(=O)c1cc2c(s1)CC[C@@H](C)C2. The van der Waals surface area contributed by atoms with Crippen LogP contribution in [0, 0.1) is 19.8 Å². The van der Waals surface area contributed by atoms with E-state index in [4.69, 9.17) is 0 Å². The second-order valence-electron chi connectivity index (χ2n) is 6.81. The Kier molecular flexibility index (Phi) is 4.94. The molecule has 2 heterocycles. The van der Waals surface area contributed by atoms with E-state index in [1.807, 2.05) is 27.0 Å². The lowest BCUT2D eigenvalue weighted by Gasteiger charge is -2.16. The summed E-state index contributed by atoms with van der Waals surface area (Å²) in [5.74, 6) is 0.249. The highest BCUT2D eigenvalue weighted by atomic mass is 32.1. The highest BCUT2D eigenvalue weighted by Crippen LogP contribution is 2.32. The molecule has 1 atom stereocenters. The number of thiophene rings is 1. The number of aromatic nitrogens is 2. The second-order valence-corrected chi connectivity index (χ2v) is 7.94. The van der Waals surface area contributed by atoms with Crippen LogP contribution < -0.4 is 10.6 Å². The molecule has 0 fully saturated rings. The van der Waals surface area contributed by atoms with Crippen molar-refractivity contribution >= 4 is 28.8 Å². The molecule has 134 valence electrons. The lowest BCUT2D eigenvalue weighted by atomic mass is 9.90. The van der Waals surface area contributed by atoms with Gasteiger partial charge in [0.1, 0.15) is 0 Å². The molecule has 0 bridgehead atoms. The normalized spacial score (nSPS) is 16.4. The lowest BCUT2D eigenvalue weighted by Crippen LogP contribution is -2.32. The summed E-state index contributed by atoms with van der Waals surface area (Å²) < 4.78 is 1.72. The quantitative estimate of drug-likeness (QED) is 0.880. The minimum Gasteiger partial charge on any atom is -0.342 e. The van der Waals surface area contributed by atoms with E-state index in [0.29, 0.717) is 16.5 Å². The summed E-state index contributed by atoms with van der Waals surface area (Å²) in [6.45, 7) is 5.93. The van der Waals surface area contributed by atoms with Crippen LogP contribution in [-0.4, -0.2) is 28.1 Å². The zero-order valence-electron chi connectivity index (χ0n) is 15.1. The number of nitrogens with zero attached hydrogens (tertiary/aromatic N) is 2. The molecule has 0 radical (unpaired) electrons. The van der Waals surface area contributed by atoms with E-state index in [0.717, 1.165) is 24.2 Å². The maximum atomic E-state index is 12.3. The number of aryl methyl sites for hydroxylation is 3. The third-order valence-corrected chi connectivity index (χ3v) is 5.97. The van der Waals surface area contributed by atoms with E-state index >= 15 is 0 Å². The van der Waals surface area contributed by atoms with Gasteiger partial charge in [-0.2, -0.15) is 5.10 Å². The van der Waals surface area contributed by atoms with Crippen LogP contribution in [-0.2, 0) is 24.7 Å². The molecule has 0 saturated heterocycles. The summed E-state index contributed by atoms with van der Waals surface area (Å²) in [6, 6.07) is 1.98. The van der Waals surface area contributed by atoms with Crippen molar-refractivity contribution < 1.29 is 9.59 Å². The largest absolute Gasteiger partial charge is 0.342 e. The van der Waals surface area contributed by atoms with Crippen LogP contribution in [0.25, 0.3) is 0 Å². The van der Waals surface area contributed by atoms with E-state index < -0.39 is 0 Å². The summed E-state index contributed by atoms with van der Waals surface area (Å²) in [7, 11) is 1.83. The van der Waals surface area contributed by atoms with Gasteiger partial charge >= 0.3 is 0 Å². The number of hydrogen-bond acceptors (Lipinski definition) is 4. The lowest BCUT2D eigenvalue weighted by molar-refractivity contribution is -0.115. The third kappa shape index (κ3) is 3.76. The van der Waals surface area contributed by atoms with E-state index in [2.05, 4.69) is 22.7 Å². The fourth-order valence-corrected chi connectivity index (χ4v) is 4.33. The molecule has 2 amide bonds. The molecule has 25 heavy (non-hydrogen) atoms. The first-order chi connectivity index (χ1) is 11.8. The van der Waals surface area contributed by atoms with E-state index in [1.165, 1.54) is 16.9 Å². The number of carbonyl (C=O) groups is 2.